The molecule has 0 amide bonds. The van der Waals surface area contributed by atoms with Crippen LogP contribution in [-0.4, -0.2) is 16.8 Å². The van der Waals surface area contributed by atoms with E-state index in [9.17, 15) is 9.18 Å². The second-order valence-corrected chi connectivity index (χ2v) is 5.05. The third-order valence-corrected chi connectivity index (χ3v) is 3.42. The highest BCUT2D eigenvalue weighted by Crippen LogP contribution is 2.20. The summed E-state index contributed by atoms with van der Waals surface area (Å²) in [4.78, 5) is 10.9. The topological polar surface area (TPSA) is 37.3 Å². The number of aromatic carboxylic acids is 1. The molecule has 0 radical (unpaired) electrons. The van der Waals surface area contributed by atoms with Gasteiger partial charge >= 0.3 is 5.97 Å². The van der Waals surface area contributed by atoms with Gasteiger partial charge in [0.25, 0.3) is 0 Å². The van der Waals surface area contributed by atoms with Crippen LogP contribution in [0.5, 0.6) is 0 Å². The molecule has 0 bridgehead atoms. The van der Waals surface area contributed by atoms with E-state index < -0.39 is 5.97 Å². The van der Waals surface area contributed by atoms with E-state index in [1.54, 1.807) is 11.8 Å². The van der Waals surface area contributed by atoms with Crippen molar-refractivity contribution in [3.63, 3.8) is 0 Å². The molecule has 1 rings (SSSR count). The van der Waals surface area contributed by atoms with Gasteiger partial charge in [-0.3, -0.25) is 0 Å². The maximum atomic E-state index is 13.0. The van der Waals surface area contributed by atoms with Gasteiger partial charge in [0.15, 0.2) is 0 Å². The summed E-state index contributed by atoms with van der Waals surface area (Å²) in [5.41, 5.74) is 0.746. The van der Waals surface area contributed by atoms with Crippen molar-refractivity contribution in [1.29, 1.82) is 0 Å². The molecule has 0 aliphatic heterocycles. The van der Waals surface area contributed by atoms with Crippen LogP contribution in [0.15, 0.2) is 18.2 Å². The van der Waals surface area contributed by atoms with Crippen molar-refractivity contribution in [3.8, 4) is 0 Å². The number of rotatable bonds is 5. The first-order chi connectivity index (χ1) is 7.50. The molecule has 1 aromatic carbocycles. The van der Waals surface area contributed by atoms with E-state index in [1.165, 1.54) is 18.2 Å². The molecule has 1 aromatic rings. The highest BCUT2D eigenvalue weighted by molar-refractivity contribution is 7.98. The number of hydrogen-bond acceptors (Lipinski definition) is 2. The smallest absolute Gasteiger partial charge is 0.335 e. The maximum Gasteiger partial charge on any atom is 0.335 e. The first-order valence-corrected chi connectivity index (χ1v) is 6.25. The molecule has 0 saturated carbocycles. The molecule has 0 fully saturated rings. The third-order valence-electron chi connectivity index (χ3n) is 2.01. The van der Waals surface area contributed by atoms with Gasteiger partial charge in [-0.05, 0) is 35.4 Å². The van der Waals surface area contributed by atoms with Crippen LogP contribution in [0, 0.1) is 11.7 Å². The predicted octanol–water partition coefficient (Wildman–Crippen LogP) is 3.41. The number of carboxylic acids is 1. The first-order valence-electron chi connectivity index (χ1n) is 5.10. The van der Waals surface area contributed by atoms with Gasteiger partial charge in [0.1, 0.15) is 5.82 Å². The van der Waals surface area contributed by atoms with Crippen molar-refractivity contribution >= 4 is 17.7 Å². The normalized spacial score (nSPS) is 10.8. The lowest BCUT2D eigenvalue weighted by Gasteiger charge is -2.07. The van der Waals surface area contributed by atoms with E-state index in [-0.39, 0.29) is 11.4 Å². The zero-order chi connectivity index (χ0) is 12.1. The Morgan fingerprint density at radius 3 is 2.75 bits per heavy atom. The van der Waals surface area contributed by atoms with Crippen LogP contribution in [0.2, 0.25) is 0 Å². The largest absolute Gasteiger partial charge is 0.478 e. The minimum Gasteiger partial charge on any atom is -0.478 e. The van der Waals surface area contributed by atoms with Gasteiger partial charge in [-0.25, -0.2) is 9.18 Å². The molecule has 16 heavy (non-hydrogen) atoms. The third kappa shape index (κ3) is 3.85. The minimum atomic E-state index is -1.000. The summed E-state index contributed by atoms with van der Waals surface area (Å²) in [7, 11) is 0. The van der Waals surface area contributed by atoms with Crippen LogP contribution >= 0.6 is 11.8 Å². The molecule has 88 valence electrons. The summed E-state index contributed by atoms with van der Waals surface area (Å²) in [5.74, 6) is 0.643. The highest BCUT2D eigenvalue weighted by atomic mass is 32.2. The second-order valence-electron chi connectivity index (χ2n) is 4.02. The molecule has 0 unspecified atom stereocenters. The Labute approximate surface area is 98.9 Å². The van der Waals surface area contributed by atoms with Gasteiger partial charge in [-0.15, -0.1) is 0 Å². The number of hydrogen-bond donors (Lipinski definition) is 1. The fraction of sp³-hybridized carbons (Fsp3) is 0.417. The van der Waals surface area contributed by atoms with Gasteiger partial charge in [-0.1, -0.05) is 13.8 Å². The van der Waals surface area contributed by atoms with Crippen LogP contribution < -0.4 is 0 Å². The molecule has 0 spiro atoms. The van der Waals surface area contributed by atoms with E-state index in [2.05, 4.69) is 13.8 Å². The molecule has 0 saturated heterocycles. The predicted molar refractivity (Wildman–Crippen MR) is 64.4 cm³/mol. The van der Waals surface area contributed by atoms with Crippen LogP contribution in [-0.2, 0) is 5.75 Å². The van der Waals surface area contributed by atoms with Crippen molar-refractivity contribution in [2.75, 3.05) is 5.75 Å². The Morgan fingerprint density at radius 1 is 1.50 bits per heavy atom. The Balaban J connectivity index is 2.76. The maximum absolute atomic E-state index is 13.0. The summed E-state index contributed by atoms with van der Waals surface area (Å²) in [6, 6.07) is 3.81. The number of carbonyl (C=O) groups is 1. The molecule has 0 aliphatic carbocycles. The van der Waals surface area contributed by atoms with Crippen molar-refractivity contribution in [2.24, 2.45) is 5.92 Å². The molecular weight excluding hydrogens is 227 g/mol. The zero-order valence-electron chi connectivity index (χ0n) is 9.37. The molecule has 4 heteroatoms. The van der Waals surface area contributed by atoms with Crippen molar-refractivity contribution in [2.45, 2.75) is 19.6 Å². The number of halogens is 1. The van der Waals surface area contributed by atoms with Gasteiger partial charge in [0, 0.05) is 5.75 Å². The van der Waals surface area contributed by atoms with E-state index in [1.807, 2.05) is 0 Å². The zero-order valence-corrected chi connectivity index (χ0v) is 10.2. The molecule has 0 heterocycles. The number of thioether (sulfide) groups is 1. The first kappa shape index (κ1) is 13.0. The van der Waals surface area contributed by atoms with Gasteiger partial charge in [-0.2, -0.15) is 11.8 Å². The molecule has 0 aromatic heterocycles. The summed E-state index contributed by atoms with van der Waals surface area (Å²) in [5, 5.41) is 8.93. The van der Waals surface area contributed by atoms with E-state index in [4.69, 9.17) is 5.11 Å². The van der Waals surface area contributed by atoms with Crippen molar-refractivity contribution < 1.29 is 14.3 Å². The Hall–Kier alpha value is -1.03. The molecule has 2 nitrogen and oxygen atoms in total. The van der Waals surface area contributed by atoms with Crippen LogP contribution in [0.25, 0.3) is 0 Å². The second kappa shape index (κ2) is 5.89. The lowest BCUT2D eigenvalue weighted by atomic mass is 10.1. The van der Waals surface area contributed by atoms with E-state index in [0.29, 0.717) is 17.2 Å². The number of benzene rings is 1. The SMILES string of the molecule is CC(C)CSCc1cc(F)ccc1C(=O)O. The van der Waals surface area contributed by atoms with E-state index in [0.717, 1.165) is 5.75 Å². The average molecular weight is 242 g/mol. The fourth-order valence-corrected chi connectivity index (χ4v) is 2.34. The average Bonchev–Trinajstić information content (AvgIpc) is 2.16. The van der Waals surface area contributed by atoms with Crippen molar-refractivity contribution in [1.82, 2.24) is 0 Å². The Bertz CT molecular complexity index is 377. The Kier molecular flexibility index (Phi) is 4.80. The number of carboxylic acid groups (broad SMARTS) is 1. The van der Waals surface area contributed by atoms with Gasteiger partial charge in [0.2, 0.25) is 0 Å². The molecular formula is C12H15FO2S. The molecule has 0 atom stereocenters. The molecule has 1 N–H and O–H groups in total. The van der Waals surface area contributed by atoms with Crippen LogP contribution in [0.1, 0.15) is 29.8 Å². The van der Waals surface area contributed by atoms with Crippen LogP contribution in [0.4, 0.5) is 4.39 Å². The summed E-state index contributed by atoms with van der Waals surface area (Å²) in [6.45, 7) is 4.19. The standard InChI is InChI=1S/C12H15FO2S/c1-8(2)6-16-7-9-5-10(13)3-4-11(9)12(14)15/h3-5,8H,6-7H2,1-2H3,(H,14,15). The van der Waals surface area contributed by atoms with Gasteiger partial charge < -0.3 is 5.11 Å². The highest BCUT2D eigenvalue weighted by Gasteiger charge is 2.10. The monoisotopic (exact) mass is 242 g/mol. The van der Waals surface area contributed by atoms with Gasteiger partial charge in [0.05, 0.1) is 5.56 Å². The quantitative estimate of drug-likeness (QED) is 0.859. The van der Waals surface area contributed by atoms with Crippen LogP contribution in [0.3, 0.4) is 0 Å². The summed E-state index contributed by atoms with van der Waals surface area (Å²) >= 11 is 1.62. The lowest BCUT2D eigenvalue weighted by molar-refractivity contribution is 0.0696. The summed E-state index contributed by atoms with van der Waals surface area (Å²) < 4.78 is 13.0. The summed E-state index contributed by atoms with van der Waals surface area (Å²) in [6.07, 6.45) is 0. The van der Waals surface area contributed by atoms with Crippen molar-refractivity contribution in [3.05, 3.63) is 35.1 Å². The molecule has 0 aliphatic rings. The Morgan fingerprint density at radius 2 is 2.19 bits per heavy atom. The van der Waals surface area contributed by atoms with E-state index >= 15 is 0 Å². The fourth-order valence-electron chi connectivity index (χ4n) is 1.29. The lowest BCUT2D eigenvalue weighted by Crippen LogP contribution is -2.03. The minimum absolute atomic E-state index is 0.192.